The Morgan fingerprint density at radius 1 is 1.25 bits per heavy atom. The molecule has 3 aromatic rings. The molecule has 1 amide bonds. The zero-order valence-corrected chi connectivity index (χ0v) is 16.0. The Hall–Kier alpha value is -3.65. The van der Waals surface area contributed by atoms with Crippen molar-refractivity contribution in [2.75, 3.05) is 5.32 Å². The van der Waals surface area contributed by atoms with Crippen molar-refractivity contribution in [3.05, 3.63) is 65.9 Å². The predicted octanol–water partition coefficient (Wildman–Crippen LogP) is 4.89. The summed E-state index contributed by atoms with van der Waals surface area (Å²) >= 11 is 0. The average Bonchev–Trinajstić information content (AvgIpc) is 2.94. The fraction of sp³-hybridized carbons (Fsp3) is 0.174. The summed E-state index contributed by atoms with van der Waals surface area (Å²) in [4.78, 5) is 16.5. The van der Waals surface area contributed by atoms with Crippen LogP contribution in [0.15, 0.2) is 54.8 Å². The first-order chi connectivity index (χ1) is 13.5. The highest BCUT2D eigenvalue weighted by molar-refractivity contribution is 5.98. The molecule has 2 heterocycles. The van der Waals surface area contributed by atoms with Crippen LogP contribution in [0.1, 0.15) is 25.0 Å². The third-order valence-electron chi connectivity index (χ3n) is 4.80. The van der Waals surface area contributed by atoms with Gasteiger partial charge in [0.1, 0.15) is 11.7 Å². The van der Waals surface area contributed by atoms with Gasteiger partial charge < -0.3 is 5.32 Å². The molecule has 1 aromatic carbocycles. The number of pyridine rings is 1. The van der Waals surface area contributed by atoms with E-state index in [1.807, 2.05) is 80.1 Å². The minimum Gasteiger partial charge on any atom is -0.326 e. The normalized spacial score (nSPS) is 12.6. The number of benzene rings is 1. The van der Waals surface area contributed by atoms with Crippen molar-refractivity contribution in [2.45, 2.75) is 20.8 Å². The highest BCUT2D eigenvalue weighted by Crippen LogP contribution is 2.37. The number of anilines is 1. The van der Waals surface area contributed by atoms with Gasteiger partial charge in [-0.1, -0.05) is 32.1 Å². The van der Waals surface area contributed by atoms with Crippen molar-refractivity contribution in [2.24, 2.45) is 5.92 Å². The zero-order chi connectivity index (χ0) is 19.8. The second-order valence-corrected chi connectivity index (χ2v) is 7.23. The molecule has 138 valence electrons. The summed E-state index contributed by atoms with van der Waals surface area (Å²) in [6, 6.07) is 12.0. The molecule has 0 radical (unpaired) electrons. The monoisotopic (exact) mass is 368 g/mol. The lowest BCUT2D eigenvalue weighted by atomic mass is 10.0. The van der Waals surface area contributed by atoms with Crippen LogP contribution in [0.4, 0.5) is 5.69 Å². The molecular weight excluding hydrogens is 348 g/mol. The van der Waals surface area contributed by atoms with Crippen LogP contribution in [0.5, 0.6) is 0 Å². The third kappa shape index (κ3) is 2.89. The zero-order valence-electron chi connectivity index (χ0n) is 16.0. The van der Waals surface area contributed by atoms with Gasteiger partial charge in [0.15, 0.2) is 0 Å². The molecule has 5 heteroatoms. The van der Waals surface area contributed by atoms with Crippen molar-refractivity contribution in [1.29, 1.82) is 5.26 Å². The highest BCUT2D eigenvalue weighted by atomic mass is 16.1. The third-order valence-corrected chi connectivity index (χ3v) is 4.80. The second kappa shape index (κ2) is 6.82. The van der Waals surface area contributed by atoms with E-state index in [1.54, 1.807) is 0 Å². The number of hydrogen-bond acceptors (Lipinski definition) is 3. The molecule has 0 fully saturated rings. The molecule has 2 aromatic heterocycles. The van der Waals surface area contributed by atoms with Crippen LogP contribution in [0, 0.1) is 24.2 Å². The quantitative estimate of drug-likeness (QED) is 0.713. The molecule has 1 aliphatic carbocycles. The van der Waals surface area contributed by atoms with E-state index >= 15 is 0 Å². The van der Waals surface area contributed by atoms with Crippen LogP contribution in [0.2, 0.25) is 0 Å². The van der Waals surface area contributed by atoms with Gasteiger partial charge in [-0.3, -0.25) is 9.36 Å². The Balaban J connectivity index is 1.86. The summed E-state index contributed by atoms with van der Waals surface area (Å²) in [5.74, 6) is -0.108. The standard InChI is InChI=1S/C23H20N4O/c1-14(2)23(28)26-17-9-7-16(8-10-17)21-20(12-24)19-11-15(3)13-25-22(19)27(21)18-5-4-6-18/h4-11,13-14H,1-3H3,(H,26,28). The van der Waals surface area contributed by atoms with Gasteiger partial charge in [-0.05, 0) is 42.8 Å². The van der Waals surface area contributed by atoms with Gasteiger partial charge in [-0.15, -0.1) is 0 Å². The van der Waals surface area contributed by atoms with E-state index in [1.165, 1.54) is 0 Å². The number of aryl methyl sites for hydroxylation is 1. The summed E-state index contributed by atoms with van der Waals surface area (Å²) in [6.07, 6.45) is 7.79. The Morgan fingerprint density at radius 2 is 1.96 bits per heavy atom. The molecule has 0 spiro atoms. The van der Waals surface area contributed by atoms with Gasteiger partial charge in [-0.25, -0.2) is 4.98 Å². The summed E-state index contributed by atoms with van der Waals surface area (Å²) in [6.45, 7) is 5.69. The molecule has 5 nitrogen and oxygen atoms in total. The largest absolute Gasteiger partial charge is 0.326 e. The summed E-state index contributed by atoms with van der Waals surface area (Å²) in [5, 5.41) is 13.6. The number of rotatable bonds is 4. The number of carbonyl (C=O) groups is 1. The number of nitriles is 1. The molecule has 0 unspecified atom stereocenters. The van der Waals surface area contributed by atoms with Gasteiger partial charge >= 0.3 is 0 Å². The molecular formula is C23H20N4O. The van der Waals surface area contributed by atoms with E-state index < -0.39 is 0 Å². The second-order valence-electron chi connectivity index (χ2n) is 7.23. The molecule has 1 N–H and O–H groups in total. The number of nitrogens with one attached hydrogen (secondary N) is 1. The summed E-state index contributed by atoms with van der Waals surface area (Å²) < 4.78 is 2.02. The van der Waals surface area contributed by atoms with Crippen LogP contribution < -0.4 is 5.32 Å². The molecule has 0 saturated heterocycles. The van der Waals surface area contributed by atoms with E-state index in [9.17, 15) is 10.1 Å². The van der Waals surface area contributed by atoms with Gasteiger partial charge in [0.25, 0.3) is 0 Å². The number of hydrogen-bond donors (Lipinski definition) is 1. The fourth-order valence-corrected chi connectivity index (χ4v) is 3.24. The Kier molecular flexibility index (Phi) is 4.32. The van der Waals surface area contributed by atoms with Crippen LogP contribution in [-0.2, 0) is 4.79 Å². The van der Waals surface area contributed by atoms with Gasteiger partial charge in [0.2, 0.25) is 5.91 Å². The van der Waals surface area contributed by atoms with Gasteiger partial charge in [0.05, 0.1) is 11.3 Å². The molecule has 0 saturated carbocycles. The molecule has 0 aliphatic heterocycles. The SMILES string of the molecule is Cc1cnc2c(c1)c(C#N)c(-c1ccc(NC(=O)C(C)C)cc1)n2C1=CC=C1. The molecule has 0 atom stereocenters. The Labute approximate surface area is 163 Å². The van der Waals surface area contributed by atoms with Crippen molar-refractivity contribution in [3.63, 3.8) is 0 Å². The van der Waals surface area contributed by atoms with Gasteiger partial charge in [0, 0.05) is 34.4 Å². The summed E-state index contributed by atoms with van der Waals surface area (Å²) in [7, 11) is 0. The van der Waals surface area contributed by atoms with E-state index in [2.05, 4.69) is 16.4 Å². The number of aromatic nitrogens is 2. The minimum absolute atomic E-state index is 0.0241. The minimum atomic E-state index is -0.0842. The predicted molar refractivity (Wildman–Crippen MR) is 112 cm³/mol. The van der Waals surface area contributed by atoms with Crippen LogP contribution in [0.3, 0.4) is 0 Å². The fourth-order valence-electron chi connectivity index (χ4n) is 3.24. The van der Waals surface area contributed by atoms with Crippen molar-refractivity contribution < 1.29 is 4.79 Å². The maximum atomic E-state index is 11.9. The Bertz CT molecular complexity index is 1190. The number of nitrogens with zero attached hydrogens (tertiary/aromatic N) is 3. The first kappa shape index (κ1) is 17.7. The van der Waals surface area contributed by atoms with Crippen molar-refractivity contribution in [3.8, 4) is 17.3 Å². The number of carbonyl (C=O) groups excluding carboxylic acids is 1. The van der Waals surface area contributed by atoms with Crippen LogP contribution in [0.25, 0.3) is 28.0 Å². The first-order valence-electron chi connectivity index (χ1n) is 9.21. The van der Waals surface area contributed by atoms with Crippen molar-refractivity contribution >= 4 is 28.3 Å². The number of allylic oxidation sites excluding steroid dienone is 4. The maximum Gasteiger partial charge on any atom is 0.226 e. The maximum absolute atomic E-state index is 11.9. The van der Waals surface area contributed by atoms with E-state index in [-0.39, 0.29) is 11.8 Å². The topological polar surface area (TPSA) is 70.7 Å². The molecule has 4 rings (SSSR count). The molecule has 28 heavy (non-hydrogen) atoms. The lowest BCUT2D eigenvalue weighted by molar-refractivity contribution is -0.118. The van der Waals surface area contributed by atoms with E-state index in [4.69, 9.17) is 0 Å². The smallest absolute Gasteiger partial charge is 0.226 e. The van der Waals surface area contributed by atoms with E-state index in [0.717, 1.165) is 39.2 Å². The molecule has 0 bridgehead atoms. The Morgan fingerprint density at radius 3 is 2.54 bits per heavy atom. The molecule has 1 aliphatic rings. The summed E-state index contributed by atoms with van der Waals surface area (Å²) in [5.41, 5.74) is 5.83. The average molecular weight is 368 g/mol. The lowest BCUT2D eigenvalue weighted by Crippen LogP contribution is -2.17. The van der Waals surface area contributed by atoms with Gasteiger partial charge in [-0.2, -0.15) is 5.26 Å². The van der Waals surface area contributed by atoms with Crippen molar-refractivity contribution in [1.82, 2.24) is 9.55 Å². The number of amides is 1. The lowest BCUT2D eigenvalue weighted by Gasteiger charge is -2.15. The van der Waals surface area contributed by atoms with E-state index in [0.29, 0.717) is 5.56 Å². The number of fused-ring (bicyclic) bond motifs is 1. The van der Waals surface area contributed by atoms with Crippen LogP contribution in [-0.4, -0.2) is 15.5 Å². The van der Waals surface area contributed by atoms with Crippen LogP contribution >= 0.6 is 0 Å². The highest BCUT2D eigenvalue weighted by Gasteiger charge is 2.22. The first-order valence-corrected chi connectivity index (χ1v) is 9.21.